The first-order chi connectivity index (χ1) is 6.18. The van der Waals surface area contributed by atoms with Crippen molar-refractivity contribution in [1.82, 2.24) is 0 Å². The van der Waals surface area contributed by atoms with E-state index in [9.17, 15) is 5.11 Å². The minimum Gasteiger partial charge on any atom is -0.481 e. The molecule has 0 saturated carbocycles. The fraction of sp³-hybridized carbons (Fsp3) is 0.273. The Morgan fingerprint density at radius 1 is 1.31 bits per heavy atom. The van der Waals surface area contributed by atoms with Gasteiger partial charge in [-0.15, -0.1) is 0 Å². The fourth-order valence-electron chi connectivity index (χ4n) is 0.967. The average Bonchev–Trinajstić information content (AvgIpc) is 2.04. The Morgan fingerprint density at radius 3 is 2.46 bits per heavy atom. The van der Waals surface area contributed by atoms with Crippen molar-refractivity contribution in [3.63, 3.8) is 0 Å². The Morgan fingerprint density at radius 2 is 1.92 bits per heavy atom. The van der Waals surface area contributed by atoms with Crippen molar-refractivity contribution in [1.29, 1.82) is 0 Å². The molecule has 0 aliphatic rings. The zero-order chi connectivity index (χ0) is 9.68. The van der Waals surface area contributed by atoms with Gasteiger partial charge in [0.2, 0.25) is 0 Å². The molecule has 0 saturated heterocycles. The van der Waals surface area contributed by atoms with Crippen molar-refractivity contribution in [2.24, 2.45) is 0 Å². The Bertz CT molecular complexity index is 275. The summed E-state index contributed by atoms with van der Waals surface area (Å²) in [4.78, 5) is 0. The van der Waals surface area contributed by atoms with Crippen LogP contribution in [-0.4, -0.2) is 11.2 Å². The van der Waals surface area contributed by atoms with Crippen LogP contribution in [0.5, 0.6) is 0 Å². The SMILES string of the molecule is CC(C)O/C(O)=C/c1ccccc1. The van der Waals surface area contributed by atoms with E-state index in [1.807, 2.05) is 44.2 Å². The van der Waals surface area contributed by atoms with E-state index in [0.717, 1.165) is 5.56 Å². The second-order valence-corrected chi connectivity index (χ2v) is 3.06. The third-order valence-electron chi connectivity index (χ3n) is 1.45. The van der Waals surface area contributed by atoms with E-state index in [2.05, 4.69) is 0 Å². The van der Waals surface area contributed by atoms with Gasteiger partial charge in [-0.25, -0.2) is 0 Å². The Balaban J connectivity index is 2.66. The molecule has 1 rings (SSSR count). The largest absolute Gasteiger partial charge is 0.481 e. The van der Waals surface area contributed by atoms with Crippen molar-refractivity contribution in [2.45, 2.75) is 20.0 Å². The van der Waals surface area contributed by atoms with Gasteiger partial charge in [-0.1, -0.05) is 30.3 Å². The molecule has 2 heteroatoms. The fourth-order valence-corrected chi connectivity index (χ4v) is 0.967. The molecular formula is C11H14O2. The third kappa shape index (κ3) is 3.65. The van der Waals surface area contributed by atoms with E-state index in [-0.39, 0.29) is 12.0 Å². The van der Waals surface area contributed by atoms with Gasteiger partial charge in [0, 0.05) is 6.08 Å². The predicted molar refractivity (Wildman–Crippen MR) is 53.3 cm³/mol. The van der Waals surface area contributed by atoms with Gasteiger partial charge in [0.15, 0.2) is 0 Å². The molecule has 0 heterocycles. The van der Waals surface area contributed by atoms with Crippen molar-refractivity contribution < 1.29 is 9.84 Å². The number of hydrogen-bond donors (Lipinski definition) is 1. The van der Waals surface area contributed by atoms with Crippen LogP contribution in [0.3, 0.4) is 0 Å². The number of benzene rings is 1. The first-order valence-corrected chi connectivity index (χ1v) is 4.31. The van der Waals surface area contributed by atoms with E-state index in [4.69, 9.17) is 4.74 Å². The molecular weight excluding hydrogens is 164 g/mol. The minimum absolute atomic E-state index is 0.0000350. The van der Waals surface area contributed by atoms with Crippen LogP contribution in [0.2, 0.25) is 0 Å². The molecule has 0 amide bonds. The maximum atomic E-state index is 9.31. The molecule has 0 atom stereocenters. The summed E-state index contributed by atoms with van der Waals surface area (Å²) in [5, 5.41) is 9.31. The van der Waals surface area contributed by atoms with E-state index >= 15 is 0 Å². The van der Waals surface area contributed by atoms with Crippen LogP contribution >= 0.6 is 0 Å². The molecule has 2 nitrogen and oxygen atoms in total. The number of ether oxygens (including phenoxy) is 1. The molecule has 1 aromatic rings. The summed E-state index contributed by atoms with van der Waals surface area (Å²) >= 11 is 0. The van der Waals surface area contributed by atoms with Crippen LogP contribution < -0.4 is 0 Å². The lowest BCUT2D eigenvalue weighted by molar-refractivity contribution is 0.0559. The second-order valence-electron chi connectivity index (χ2n) is 3.06. The summed E-state index contributed by atoms with van der Waals surface area (Å²) < 4.78 is 5.07. The summed E-state index contributed by atoms with van der Waals surface area (Å²) in [6, 6.07) is 9.56. The highest BCUT2D eigenvalue weighted by Gasteiger charge is 1.97. The van der Waals surface area contributed by atoms with E-state index in [1.54, 1.807) is 6.08 Å². The van der Waals surface area contributed by atoms with Crippen molar-refractivity contribution >= 4 is 6.08 Å². The number of rotatable bonds is 3. The van der Waals surface area contributed by atoms with Crippen LogP contribution in [0.1, 0.15) is 19.4 Å². The Labute approximate surface area is 78.5 Å². The number of hydrogen-bond acceptors (Lipinski definition) is 2. The maximum Gasteiger partial charge on any atom is 0.277 e. The van der Waals surface area contributed by atoms with Crippen molar-refractivity contribution in [3.8, 4) is 0 Å². The summed E-state index contributed by atoms with van der Waals surface area (Å²) in [5.74, 6) is -0.0406. The first kappa shape index (κ1) is 9.65. The highest BCUT2D eigenvalue weighted by Crippen LogP contribution is 2.06. The monoisotopic (exact) mass is 178 g/mol. The maximum absolute atomic E-state index is 9.31. The van der Waals surface area contributed by atoms with Gasteiger partial charge in [-0.05, 0) is 19.4 Å². The Kier molecular flexibility index (Phi) is 3.38. The van der Waals surface area contributed by atoms with Crippen LogP contribution in [0.4, 0.5) is 0 Å². The lowest BCUT2D eigenvalue weighted by Crippen LogP contribution is -2.01. The van der Waals surface area contributed by atoms with Gasteiger partial charge in [0.25, 0.3) is 5.95 Å². The molecule has 0 aromatic heterocycles. The summed E-state index contributed by atoms with van der Waals surface area (Å²) in [7, 11) is 0. The molecule has 13 heavy (non-hydrogen) atoms. The summed E-state index contributed by atoms with van der Waals surface area (Å²) in [6.07, 6.45) is 1.60. The third-order valence-corrected chi connectivity index (χ3v) is 1.45. The van der Waals surface area contributed by atoms with Crippen LogP contribution in [0.25, 0.3) is 6.08 Å². The number of aliphatic hydroxyl groups is 1. The molecule has 0 fully saturated rings. The van der Waals surface area contributed by atoms with Gasteiger partial charge in [-0.2, -0.15) is 0 Å². The molecule has 0 unspecified atom stereocenters. The highest BCUT2D eigenvalue weighted by atomic mass is 16.6. The smallest absolute Gasteiger partial charge is 0.277 e. The Hall–Kier alpha value is -1.44. The van der Waals surface area contributed by atoms with Crippen LogP contribution in [-0.2, 0) is 4.74 Å². The summed E-state index contributed by atoms with van der Waals surface area (Å²) in [5.41, 5.74) is 0.931. The van der Waals surface area contributed by atoms with Crippen LogP contribution in [0, 0.1) is 0 Å². The zero-order valence-corrected chi connectivity index (χ0v) is 7.90. The first-order valence-electron chi connectivity index (χ1n) is 4.31. The van der Waals surface area contributed by atoms with Crippen LogP contribution in [0.15, 0.2) is 36.3 Å². The average molecular weight is 178 g/mol. The topological polar surface area (TPSA) is 29.5 Å². The van der Waals surface area contributed by atoms with E-state index in [0.29, 0.717) is 0 Å². The minimum atomic E-state index is -0.0406. The molecule has 0 aliphatic heterocycles. The van der Waals surface area contributed by atoms with Crippen molar-refractivity contribution in [2.75, 3.05) is 0 Å². The predicted octanol–water partition coefficient (Wildman–Crippen LogP) is 2.97. The highest BCUT2D eigenvalue weighted by molar-refractivity contribution is 5.49. The second kappa shape index (κ2) is 4.55. The molecule has 0 radical (unpaired) electrons. The zero-order valence-electron chi connectivity index (χ0n) is 7.90. The molecule has 1 N–H and O–H groups in total. The van der Waals surface area contributed by atoms with E-state index < -0.39 is 0 Å². The standard InChI is InChI=1S/C11H14O2/c1-9(2)13-11(12)8-10-6-4-3-5-7-10/h3-9,12H,1-2H3/b11-8+. The molecule has 1 aromatic carbocycles. The number of aliphatic hydroxyl groups excluding tert-OH is 1. The normalized spacial score (nSPS) is 11.8. The quantitative estimate of drug-likeness (QED) is 0.721. The van der Waals surface area contributed by atoms with E-state index in [1.165, 1.54) is 0 Å². The van der Waals surface area contributed by atoms with Gasteiger partial charge in [-0.3, -0.25) is 0 Å². The van der Waals surface area contributed by atoms with Gasteiger partial charge in [0.05, 0.1) is 6.10 Å². The van der Waals surface area contributed by atoms with Gasteiger partial charge in [0.1, 0.15) is 0 Å². The summed E-state index contributed by atoms with van der Waals surface area (Å²) in [6.45, 7) is 3.74. The van der Waals surface area contributed by atoms with Crippen molar-refractivity contribution in [3.05, 3.63) is 41.8 Å². The molecule has 0 bridgehead atoms. The molecule has 0 aliphatic carbocycles. The van der Waals surface area contributed by atoms with Gasteiger partial charge < -0.3 is 9.84 Å². The lowest BCUT2D eigenvalue weighted by Gasteiger charge is -2.07. The molecule has 0 spiro atoms. The van der Waals surface area contributed by atoms with Gasteiger partial charge >= 0.3 is 0 Å². The lowest BCUT2D eigenvalue weighted by atomic mass is 10.2. The molecule has 70 valence electrons.